The molecule has 0 amide bonds. The van der Waals surface area contributed by atoms with Crippen molar-refractivity contribution in [3.8, 4) is 5.75 Å². The number of hydrogen-bond acceptors (Lipinski definition) is 4. The largest absolute Gasteiger partial charge is 0.506 e. The van der Waals surface area contributed by atoms with Gasteiger partial charge in [0, 0.05) is 11.6 Å². The van der Waals surface area contributed by atoms with E-state index >= 15 is 0 Å². The highest BCUT2D eigenvalue weighted by atomic mass is 19.4. The summed E-state index contributed by atoms with van der Waals surface area (Å²) >= 11 is 0. The number of halogens is 4. The van der Waals surface area contributed by atoms with E-state index < -0.39 is 45.7 Å². The summed E-state index contributed by atoms with van der Waals surface area (Å²) in [5.41, 5.74) is -2.18. The van der Waals surface area contributed by atoms with Gasteiger partial charge in [-0.25, -0.2) is 9.18 Å². The Labute approximate surface area is 116 Å². The van der Waals surface area contributed by atoms with Gasteiger partial charge in [-0.15, -0.1) is 0 Å². The van der Waals surface area contributed by atoms with Gasteiger partial charge in [0.05, 0.1) is 12.2 Å². The number of fused-ring (bicyclic) bond motifs is 1. The molecule has 4 nitrogen and oxygen atoms in total. The number of carbonyl (C=O) groups is 1. The maximum Gasteiger partial charge on any atom is 0.416 e. The van der Waals surface area contributed by atoms with Crippen LogP contribution in [0.15, 0.2) is 18.3 Å². The first-order valence-corrected chi connectivity index (χ1v) is 5.81. The van der Waals surface area contributed by atoms with Crippen molar-refractivity contribution in [3.05, 3.63) is 35.3 Å². The molecule has 0 aliphatic rings. The summed E-state index contributed by atoms with van der Waals surface area (Å²) < 4.78 is 56.2. The Kier molecular flexibility index (Phi) is 3.71. The van der Waals surface area contributed by atoms with Gasteiger partial charge in [-0.1, -0.05) is 0 Å². The summed E-state index contributed by atoms with van der Waals surface area (Å²) in [4.78, 5) is 15.1. The van der Waals surface area contributed by atoms with Crippen molar-refractivity contribution in [1.82, 2.24) is 4.98 Å². The van der Waals surface area contributed by atoms with E-state index in [1.54, 1.807) is 0 Å². The molecule has 0 fully saturated rings. The van der Waals surface area contributed by atoms with Gasteiger partial charge in [0.25, 0.3) is 0 Å². The number of benzene rings is 1. The third-order valence-corrected chi connectivity index (χ3v) is 2.72. The average molecular weight is 303 g/mol. The number of ether oxygens (including phenoxy) is 1. The van der Waals surface area contributed by atoms with Crippen LogP contribution in [0.25, 0.3) is 10.9 Å². The number of alkyl halides is 3. The molecule has 1 N–H and O–H groups in total. The van der Waals surface area contributed by atoms with Crippen LogP contribution in [0.2, 0.25) is 0 Å². The van der Waals surface area contributed by atoms with E-state index in [4.69, 9.17) is 0 Å². The van der Waals surface area contributed by atoms with Crippen molar-refractivity contribution in [2.45, 2.75) is 13.1 Å². The van der Waals surface area contributed by atoms with Crippen LogP contribution in [0, 0.1) is 5.82 Å². The average Bonchev–Trinajstić information content (AvgIpc) is 2.38. The van der Waals surface area contributed by atoms with Crippen LogP contribution in [-0.2, 0) is 10.9 Å². The van der Waals surface area contributed by atoms with Gasteiger partial charge >= 0.3 is 12.1 Å². The Bertz CT molecular complexity index is 713. The Morgan fingerprint density at radius 1 is 1.38 bits per heavy atom. The van der Waals surface area contributed by atoms with Crippen molar-refractivity contribution in [1.29, 1.82) is 0 Å². The molecular weight excluding hydrogens is 294 g/mol. The minimum Gasteiger partial charge on any atom is -0.506 e. The van der Waals surface area contributed by atoms with Crippen LogP contribution in [0.5, 0.6) is 5.75 Å². The highest BCUT2D eigenvalue weighted by Gasteiger charge is 2.32. The topological polar surface area (TPSA) is 59.4 Å². The molecule has 0 saturated carbocycles. The van der Waals surface area contributed by atoms with Gasteiger partial charge < -0.3 is 9.84 Å². The lowest BCUT2D eigenvalue weighted by Crippen LogP contribution is -2.08. The highest BCUT2D eigenvalue weighted by molar-refractivity contribution is 5.99. The first-order chi connectivity index (χ1) is 9.75. The molecule has 21 heavy (non-hydrogen) atoms. The third kappa shape index (κ3) is 2.74. The number of rotatable bonds is 2. The number of pyridine rings is 1. The smallest absolute Gasteiger partial charge is 0.416 e. The number of hydrogen-bond donors (Lipinski definition) is 1. The monoisotopic (exact) mass is 303 g/mol. The number of nitrogens with zero attached hydrogens (tertiary/aromatic N) is 1. The van der Waals surface area contributed by atoms with Crippen molar-refractivity contribution < 1.29 is 32.2 Å². The summed E-state index contributed by atoms with van der Waals surface area (Å²) in [7, 11) is 0. The molecule has 1 aromatic carbocycles. The third-order valence-electron chi connectivity index (χ3n) is 2.72. The standard InChI is InChI=1S/C13H9F4NO3/c1-2-21-12(20)8-5-18-10-7(11(8)19)3-6(4-9(10)14)13(15,16)17/h3-5H,2H2,1H3,(H,18,19). The van der Waals surface area contributed by atoms with Crippen LogP contribution in [0.3, 0.4) is 0 Å². The number of esters is 1. The van der Waals surface area contributed by atoms with E-state index in [0.717, 1.165) is 6.20 Å². The summed E-state index contributed by atoms with van der Waals surface area (Å²) in [5, 5.41) is 9.38. The van der Waals surface area contributed by atoms with Gasteiger partial charge in [0.1, 0.15) is 22.6 Å². The molecule has 2 aromatic rings. The number of aromatic nitrogens is 1. The van der Waals surface area contributed by atoms with Crippen LogP contribution < -0.4 is 0 Å². The second kappa shape index (κ2) is 5.19. The lowest BCUT2D eigenvalue weighted by Gasteiger charge is -2.11. The predicted molar refractivity (Wildman–Crippen MR) is 64.3 cm³/mol. The second-order valence-electron chi connectivity index (χ2n) is 4.09. The fourth-order valence-corrected chi connectivity index (χ4v) is 1.77. The molecule has 0 unspecified atom stereocenters. The van der Waals surface area contributed by atoms with E-state index in [1.165, 1.54) is 6.92 Å². The minimum absolute atomic E-state index is 0.00720. The molecule has 0 aliphatic heterocycles. The number of aromatic hydroxyl groups is 1. The summed E-state index contributed by atoms with van der Waals surface area (Å²) in [6.45, 7) is 1.53. The number of carbonyl (C=O) groups excluding carboxylic acids is 1. The molecule has 0 radical (unpaired) electrons. The van der Waals surface area contributed by atoms with E-state index in [9.17, 15) is 27.5 Å². The summed E-state index contributed by atoms with van der Waals surface area (Å²) in [5.74, 6) is -3.00. The molecular formula is C13H9F4NO3. The quantitative estimate of drug-likeness (QED) is 0.683. The highest BCUT2D eigenvalue weighted by Crippen LogP contribution is 2.36. The van der Waals surface area contributed by atoms with Crippen molar-refractivity contribution in [3.63, 3.8) is 0 Å². The molecule has 0 aliphatic carbocycles. The SMILES string of the molecule is CCOC(=O)c1cnc2c(F)cc(C(F)(F)F)cc2c1O. The van der Waals surface area contributed by atoms with Gasteiger partial charge in [-0.2, -0.15) is 13.2 Å². The van der Waals surface area contributed by atoms with Crippen molar-refractivity contribution in [2.24, 2.45) is 0 Å². The van der Waals surface area contributed by atoms with Crippen LogP contribution in [0.1, 0.15) is 22.8 Å². The first-order valence-electron chi connectivity index (χ1n) is 5.81. The molecule has 0 saturated heterocycles. The lowest BCUT2D eigenvalue weighted by atomic mass is 10.1. The zero-order valence-electron chi connectivity index (χ0n) is 10.7. The molecule has 1 heterocycles. The fourth-order valence-electron chi connectivity index (χ4n) is 1.77. The van der Waals surface area contributed by atoms with Gasteiger partial charge in [-0.05, 0) is 19.1 Å². The fraction of sp³-hybridized carbons (Fsp3) is 0.231. The molecule has 2 rings (SSSR count). The molecule has 112 valence electrons. The normalized spacial score (nSPS) is 11.7. The van der Waals surface area contributed by atoms with Crippen LogP contribution in [0.4, 0.5) is 17.6 Å². The van der Waals surface area contributed by atoms with E-state index in [0.29, 0.717) is 6.07 Å². The summed E-state index contributed by atoms with van der Waals surface area (Å²) in [6.07, 6.45) is -3.94. The molecule has 0 atom stereocenters. The first kappa shape index (κ1) is 15.0. The van der Waals surface area contributed by atoms with Gasteiger partial charge in [-0.3, -0.25) is 4.98 Å². The zero-order valence-corrected chi connectivity index (χ0v) is 10.7. The van der Waals surface area contributed by atoms with E-state index in [-0.39, 0.29) is 12.7 Å². The Morgan fingerprint density at radius 2 is 2.05 bits per heavy atom. The lowest BCUT2D eigenvalue weighted by molar-refractivity contribution is -0.137. The maximum absolute atomic E-state index is 13.6. The minimum atomic E-state index is -4.79. The second-order valence-corrected chi connectivity index (χ2v) is 4.09. The maximum atomic E-state index is 13.6. The molecule has 0 spiro atoms. The van der Waals surface area contributed by atoms with Gasteiger partial charge in [0.2, 0.25) is 0 Å². The van der Waals surface area contributed by atoms with Crippen LogP contribution in [-0.4, -0.2) is 22.7 Å². The van der Waals surface area contributed by atoms with E-state index in [1.807, 2.05) is 0 Å². The van der Waals surface area contributed by atoms with Crippen molar-refractivity contribution in [2.75, 3.05) is 6.61 Å². The Balaban J connectivity index is 2.71. The molecule has 1 aromatic heterocycles. The Morgan fingerprint density at radius 3 is 2.62 bits per heavy atom. The zero-order chi connectivity index (χ0) is 15.8. The predicted octanol–water partition coefficient (Wildman–Crippen LogP) is 3.28. The van der Waals surface area contributed by atoms with Gasteiger partial charge in [0.15, 0.2) is 0 Å². The molecule has 0 bridgehead atoms. The molecule has 8 heteroatoms. The van der Waals surface area contributed by atoms with E-state index in [2.05, 4.69) is 9.72 Å². The Hall–Kier alpha value is -2.38. The summed E-state index contributed by atoms with van der Waals surface area (Å²) in [6, 6.07) is 0.808. The van der Waals surface area contributed by atoms with Crippen LogP contribution >= 0.6 is 0 Å². The van der Waals surface area contributed by atoms with Crippen molar-refractivity contribution >= 4 is 16.9 Å².